The predicted molar refractivity (Wildman–Crippen MR) is 62.9 cm³/mol. The Morgan fingerprint density at radius 2 is 1.89 bits per heavy atom. The molecule has 0 spiro atoms. The minimum Gasteiger partial charge on any atom is -0.258 e. The Morgan fingerprint density at radius 1 is 1.11 bits per heavy atom. The summed E-state index contributed by atoms with van der Waals surface area (Å²) in [6, 6.07) is 8.04. The van der Waals surface area contributed by atoms with Crippen molar-refractivity contribution >= 4 is 11.5 Å². The molecule has 0 bridgehead atoms. The monoisotopic (exact) mass is 241 g/mol. The van der Waals surface area contributed by atoms with Gasteiger partial charge in [-0.15, -0.1) is 0 Å². The van der Waals surface area contributed by atoms with Crippen LogP contribution >= 0.6 is 0 Å². The van der Waals surface area contributed by atoms with Gasteiger partial charge in [-0.3, -0.25) is 10.1 Å². The van der Waals surface area contributed by atoms with Gasteiger partial charge >= 0.3 is 0 Å². The number of hydrogen-bond donors (Lipinski definition) is 0. The lowest BCUT2D eigenvalue weighted by molar-refractivity contribution is -0.384. The van der Waals surface area contributed by atoms with E-state index in [1.807, 2.05) is 0 Å². The summed E-state index contributed by atoms with van der Waals surface area (Å²) in [4.78, 5) is 18.2. The maximum Gasteiger partial charge on any atom is 0.269 e. The molecule has 0 aliphatic heterocycles. The van der Waals surface area contributed by atoms with Crippen molar-refractivity contribution in [3.8, 4) is 11.3 Å². The summed E-state index contributed by atoms with van der Waals surface area (Å²) in [5, 5.41) is 14.6. The molecule has 0 atom stereocenters. The maximum absolute atomic E-state index is 10.6. The van der Waals surface area contributed by atoms with Gasteiger partial charge < -0.3 is 0 Å². The maximum atomic E-state index is 10.6. The molecule has 88 valence electrons. The Morgan fingerprint density at radius 3 is 2.61 bits per heavy atom. The van der Waals surface area contributed by atoms with Crippen LogP contribution in [0.4, 0.5) is 5.69 Å². The van der Waals surface area contributed by atoms with Gasteiger partial charge in [-0.2, -0.15) is 14.6 Å². The van der Waals surface area contributed by atoms with Crippen molar-refractivity contribution in [1.29, 1.82) is 0 Å². The molecule has 0 aliphatic rings. The number of hydrogen-bond acceptors (Lipinski definition) is 5. The zero-order chi connectivity index (χ0) is 12.5. The lowest BCUT2D eigenvalue weighted by atomic mass is 10.1. The van der Waals surface area contributed by atoms with Crippen molar-refractivity contribution < 1.29 is 4.92 Å². The van der Waals surface area contributed by atoms with Crippen molar-refractivity contribution in [3.05, 3.63) is 53.0 Å². The molecule has 0 aliphatic carbocycles. The van der Waals surface area contributed by atoms with Crippen LogP contribution in [0.2, 0.25) is 0 Å². The highest BCUT2D eigenvalue weighted by Gasteiger charge is 2.08. The van der Waals surface area contributed by atoms with Crippen LogP contribution in [0, 0.1) is 10.1 Å². The van der Waals surface area contributed by atoms with E-state index in [0.717, 1.165) is 11.3 Å². The second kappa shape index (κ2) is 3.88. The van der Waals surface area contributed by atoms with Crippen molar-refractivity contribution in [2.24, 2.45) is 0 Å². The van der Waals surface area contributed by atoms with Crippen LogP contribution in [0.25, 0.3) is 17.0 Å². The largest absolute Gasteiger partial charge is 0.269 e. The van der Waals surface area contributed by atoms with Gasteiger partial charge in [0.1, 0.15) is 6.33 Å². The van der Waals surface area contributed by atoms with Crippen LogP contribution in [-0.4, -0.2) is 24.5 Å². The van der Waals surface area contributed by atoms with E-state index in [0.29, 0.717) is 5.78 Å². The van der Waals surface area contributed by atoms with Crippen molar-refractivity contribution in [2.45, 2.75) is 0 Å². The van der Waals surface area contributed by atoms with Crippen LogP contribution in [0.1, 0.15) is 0 Å². The lowest BCUT2D eigenvalue weighted by Crippen LogP contribution is -1.96. The molecule has 2 heterocycles. The summed E-state index contributed by atoms with van der Waals surface area (Å²) in [7, 11) is 0. The number of rotatable bonds is 2. The van der Waals surface area contributed by atoms with Gasteiger partial charge in [0.05, 0.1) is 10.6 Å². The highest BCUT2D eigenvalue weighted by molar-refractivity contribution is 5.62. The number of nitrogens with zero attached hydrogens (tertiary/aromatic N) is 5. The van der Waals surface area contributed by atoms with Crippen LogP contribution in [-0.2, 0) is 0 Å². The van der Waals surface area contributed by atoms with E-state index in [1.165, 1.54) is 18.5 Å². The van der Waals surface area contributed by atoms with Gasteiger partial charge in [0.2, 0.25) is 0 Å². The van der Waals surface area contributed by atoms with Crippen molar-refractivity contribution in [1.82, 2.24) is 19.6 Å². The Bertz CT molecular complexity index is 720. The van der Waals surface area contributed by atoms with E-state index >= 15 is 0 Å². The fourth-order valence-corrected chi connectivity index (χ4v) is 1.71. The van der Waals surface area contributed by atoms with E-state index in [9.17, 15) is 10.1 Å². The Hall–Kier alpha value is -2.83. The molecule has 0 N–H and O–H groups in total. The quantitative estimate of drug-likeness (QED) is 0.503. The second-order valence-corrected chi connectivity index (χ2v) is 3.61. The fourth-order valence-electron chi connectivity index (χ4n) is 1.71. The minimum absolute atomic E-state index is 0.0580. The Labute approximate surface area is 101 Å². The zero-order valence-corrected chi connectivity index (χ0v) is 9.09. The van der Waals surface area contributed by atoms with Crippen molar-refractivity contribution in [2.75, 3.05) is 0 Å². The Kier molecular flexibility index (Phi) is 2.23. The molecule has 0 saturated heterocycles. The van der Waals surface area contributed by atoms with E-state index < -0.39 is 4.92 Å². The first kappa shape index (κ1) is 10.3. The summed E-state index contributed by atoms with van der Waals surface area (Å²) in [5.41, 5.74) is 1.66. The van der Waals surface area contributed by atoms with Crippen LogP contribution in [0.5, 0.6) is 0 Å². The number of nitro benzene ring substituents is 1. The van der Waals surface area contributed by atoms with Crippen LogP contribution in [0.3, 0.4) is 0 Å². The zero-order valence-electron chi connectivity index (χ0n) is 9.09. The van der Waals surface area contributed by atoms with Crippen LogP contribution in [0.15, 0.2) is 42.9 Å². The minimum atomic E-state index is -0.429. The third kappa shape index (κ3) is 1.58. The van der Waals surface area contributed by atoms with Gasteiger partial charge in [-0.05, 0) is 18.2 Å². The molecule has 0 unspecified atom stereocenters. The molecule has 3 aromatic rings. The highest BCUT2D eigenvalue weighted by Crippen LogP contribution is 2.21. The van der Waals surface area contributed by atoms with Gasteiger partial charge in [0, 0.05) is 23.9 Å². The predicted octanol–water partition coefficient (Wildman–Crippen LogP) is 1.70. The number of aromatic nitrogens is 4. The van der Waals surface area contributed by atoms with Gasteiger partial charge in [-0.1, -0.05) is 0 Å². The molecule has 0 radical (unpaired) electrons. The normalized spacial score (nSPS) is 10.7. The van der Waals surface area contributed by atoms with Gasteiger partial charge in [0.15, 0.2) is 0 Å². The number of fused-ring (bicyclic) bond motifs is 1. The molecule has 0 amide bonds. The van der Waals surface area contributed by atoms with Gasteiger partial charge in [-0.25, -0.2) is 4.98 Å². The number of nitro groups is 1. The third-order valence-electron chi connectivity index (χ3n) is 2.55. The van der Waals surface area contributed by atoms with E-state index in [-0.39, 0.29) is 5.69 Å². The first-order valence-corrected chi connectivity index (χ1v) is 5.15. The topological polar surface area (TPSA) is 86.2 Å². The van der Waals surface area contributed by atoms with Crippen LogP contribution < -0.4 is 0 Å². The summed E-state index contributed by atoms with van der Waals surface area (Å²) >= 11 is 0. The Balaban J connectivity index is 2.14. The fraction of sp³-hybridized carbons (Fsp3) is 0. The lowest BCUT2D eigenvalue weighted by Gasteiger charge is -2.02. The first-order valence-electron chi connectivity index (χ1n) is 5.15. The summed E-state index contributed by atoms with van der Waals surface area (Å²) in [5.74, 6) is 0.492. The molecular formula is C11H7N5O2. The molecule has 3 rings (SSSR count). The molecule has 0 fully saturated rings. The first-order chi connectivity index (χ1) is 8.75. The van der Waals surface area contributed by atoms with E-state index in [1.54, 1.807) is 28.9 Å². The summed E-state index contributed by atoms with van der Waals surface area (Å²) < 4.78 is 1.58. The third-order valence-corrected chi connectivity index (χ3v) is 2.55. The highest BCUT2D eigenvalue weighted by atomic mass is 16.6. The average Bonchev–Trinajstić information content (AvgIpc) is 2.87. The molecular weight excluding hydrogens is 234 g/mol. The summed E-state index contributed by atoms with van der Waals surface area (Å²) in [6.07, 6.45) is 3.04. The number of benzene rings is 1. The van der Waals surface area contributed by atoms with E-state index in [4.69, 9.17) is 0 Å². The standard InChI is InChI=1S/C11H7N5O2/c17-16(18)9-3-1-8(2-4-9)10-5-6-12-11-13-7-14-15(10)11/h1-7H. The second-order valence-electron chi connectivity index (χ2n) is 3.61. The molecule has 1 aromatic carbocycles. The molecule has 18 heavy (non-hydrogen) atoms. The average molecular weight is 241 g/mol. The molecule has 7 nitrogen and oxygen atoms in total. The van der Waals surface area contributed by atoms with Gasteiger partial charge in [0.25, 0.3) is 11.5 Å². The van der Waals surface area contributed by atoms with Crippen molar-refractivity contribution in [3.63, 3.8) is 0 Å². The molecule has 7 heteroatoms. The molecule has 2 aromatic heterocycles. The van der Waals surface area contributed by atoms with E-state index in [2.05, 4.69) is 15.1 Å². The molecule has 0 saturated carbocycles. The summed E-state index contributed by atoms with van der Waals surface area (Å²) in [6.45, 7) is 0. The SMILES string of the molecule is O=[N+]([O-])c1ccc(-c2ccnc3ncnn23)cc1. The number of non-ortho nitro benzene ring substituents is 1. The smallest absolute Gasteiger partial charge is 0.258 e.